The van der Waals surface area contributed by atoms with Crippen LogP contribution >= 0.6 is 0 Å². The highest BCUT2D eigenvalue weighted by Crippen LogP contribution is 2.43. The summed E-state index contributed by atoms with van der Waals surface area (Å²) in [5.74, 6) is 0. The highest BCUT2D eigenvalue weighted by atomic mass is 15.1. The largest absolute Gasteiger partial charge is 0.310 e. The van der Waals surface area contributed by atoms with Crippen LogP contribution in [0.25, 0.3) is 76.1 Å². The van der Waals surface area contributed by atoms with Crippen LogP contribution in [0.2, 0.25) is 0 Å². The van der Waals surface area contributed by atoms with E-state index in [9.17, 15) is 5.48 Å². The minimum Gasteiger partial charge on any atom is -0.310 e. The number of rotatable bonds is 5. The number of benzene rings is 10. The van der Waals surface area contributed by atoms with Crippen molar-refractivity contribution in [1.29, 1.82) is 0 Å². The third-order valence-electron chi connectivity index (χ3n) is 10.1. The van der Waals surface area contributed by atoms with Crippen LogP contribution in [-0.4, -0.2) is 0 Å². The van der Waals surface area contributed by atoms with Crippen LogP contribution < -0.4 is 4.90 Å². The topological polar surface area (TPSA) is 3.24 Å². The molecule has 0 atom stereocenters. The summed E-state index contributed by atoms with van der Waals surface area (Å²) in [7, 11) is 0. The van der Waals surface area contributed by atoms with Gasteiger partial charge in [-0.05, 0) is 113 Å². The van der Waals surface area contributed by atoms with Gasteiger partial charge in [-0.25, -0.2) is 0 Å². The summed E-state index contributed by atoms with van der Waals surface area (Å²) in [6, 6.07) is 59.4. The van der Waals surface area contributed by atoms with Crippen LogP contribution in [0.1, 0.15) is 5.48 Å². The maximum absolute atomic E-state index is 9.60. The number of anilines is 3. The molecule has 238 valence electrons. The van der Waals surface area contributed by atoms with Crippen LogP contribution in [0.4, 0.5) is 17.1 Å². The molecule has 10 aromatic rings. The fourth-order valence-electron chi connectivity index (χ4n) is 7.60. The number of nitrogens with zero attached hydrogens (tertiary/aromatic N) is 1. The minimum absolute atomic E-state index is 0.0828. The van der Waals surface area contributed by atoms with E-state index in [1.165, 1.54) is 16.2 Å². The molecule has 10 aromatic carbocycles. The van der Waals surface area contributed by atoms with E-state index in [0.29, 0.717) is 5.56 Å². The molecule has 0 radical (unpaired) electrons. The van der Waals surface area contributed by atoms with Crippen LogP contribution in [0.5, 0.6) is 0 Å². The predicted octanol–water partition coefficient (Wildman–Crippen LogP) is 14.3. The Bertz CT molecular complexity index is 3120. The Morgan fingerprint density at radius 3 is 1.51 bits per heavy atom. The molecule has 51 heavy (non-hydrogen) atoms. The van der Waals surface area contributed by atoms with E-state index in [2.05, 4.69) is 97.1 Å². The first kappa shape index (κ1) is 25.3. The fraction of sp³-hybridized carbons (Fsp3) is 0. The Kier molecular flexibility index (Phi) is 5.96. The Balaban J connectivity index is 1.21. The molecule has 0 saturated carbocycles. The Labute approximate surface area is 302 Å². The van der Waals surface area contributed by atoms with Gasteiger partial charge in [0.15, 0.2) is 0 Å². The van der Waals surface area contributed by atoms with E-state index in [4.69, 9.17) is 0 Å². The molecular weight excluding hydrogens is 615 g/mol. The van der Waals surface area contributed by atoms with Crippen molar-refractivity contribution in [2.24, 2.45) is 0 Å². The molecule has 0 saturated heterocycles. The van der Waals surface area contributed by atoms with Gasteiger partial charge < -0.3 is 4.90 Å². The van der Waals surface area contributed by atoms with Crippen molar-refractivity contribution in [2.75, 3.05) is 4.90 Å². The van der Waals surface area contributed by atoms with Crippen molar-refractivity contribution in [3.63, 3.8) is 0 Å². The van der Waals surface area contributed by atoms with Crippen LogP contribution in [0.15, 0.2) is 200 Å². The maximum atomic E-state index is 9.60. The molecular formula is C50H33N. The molecule has 0 aliphatic carbocycles. The van der Waals surface area contributed by atoms with Gasteiger partial charge >= 0.3 is 0 Å². The zero-order chi connectivity index (χ0) is 37.2. The van der Waals surface area contributed by atoms with Crippen LogP contribution in [-0.2, 0) is 0 Å². The first-order valence-corrected chi connectivity index (χ1v) is 17.3. The monoisotopic (exact) mass is 651 g/mol. The number of hydrogen-bond donors (Lipinski definition) is 0. The standard InChI is InChI=1S/C50H33N/c1-2-12-37-31-38(22-21-34(37)11-1)35-23-27-41(28-24-35)51(50-33-40-14-4-6-16-44(40)46-18-9-10-20-48(46)50)42-29-25-36(26-30-42)49-32-39-13-3-5-15-43(39)45-17-7-8-19-47(45)49/h1-33H/i23D,24D,27D,28D. The summed E-state index contributed by atoms with van der Waals surface area (Å²) >= 11 is 0. The Morgan fingerprint density at radius 1 is 0.314 bits per heavy atom. The van der Waals surface area contributed by atoms with Gasteiger partial charge in [0.25, 0.3) is 0 Å². The van der Waals surface area contributed by atoms with Gasteiger partial charge in [-0.2, -0.15) is 0 Å². The molecule has 0 fully saturated rings. The van der Waals surface area contributed by atoms with Gasteiger partial charge in [0.1, 0.15) is 0 Å². The quantitative estimate of drug-likeness (QED) is 0.167. The SMILES string of the molecule is [2H]c1c([2H])c(N(c2ccc(-c3cc4ccccc4c4ccccc34)cc2)c2cc3ccccc3c3ccccc23)c([2H])c([2H])c1-c1ccc2ccccc2c1. The lowest BCUT2D eigenvalue weighted by molar-refractivity contribution is 1.30. The molecule has 0 bridgehead atoms. The molecule has 0 aliphatic rings. The lowest BCUT2D eigenvalue weighted by atomic mass is 9.93. The zero-order valence-corrected chi connectivity index (χ0v) is 27.7. The average Bonchev–Trinajstić information content (AvgIpc) is 3.24. The number of hydrogen-bond acceptors (Lipinski definition) is 1. The second-order valence-electron chi connectivity index (χ2n) is 13.0. The molecule has 0 heterocycles. The van der Waals surface area contributed by atoms with Crippen molar-refractivity contribution >= 4 is 70.9 Å². The van der Waals surface area contributed by atoms with E-state index < -0.39 is 0 Å². The summed E-state index contributed by atoms with van der Waals surface area (Å²) in [6.07, 6.45) is 0. The second-order valence-corrected chi connectivity index (χ2v) is 13.0. The summed E-state index contributed by atoms with van der Waals surface area (Å²) in [5.41, 5.74) is 4.80. The number of fused-ring (bicyclic) bond motifs is 7. The third kappa shape index (κ3) is 5.02. The first-order valence-electron chi connectivity index (χ1n) is 19.3. The first-order chi connectivity index (χ1) is 27.0. The van der Waals surface area contributed by atoms with Gasteiger partial charge in [-0.15, -0.1) is 0 Å². The normalized spacial score (nSPS) is 12.6. The summed E-state index contributed by atoms with van der Waals surface area (Å²) in [6.45, 7) is 0. The Morgan fingerprint density at radius 2 is 0.824 bits per heavy atom. The zero-order valence-electron chi connectivity index (χ0n) is 31.7. The molecule has 1 nitrogen and oxygen atoms in total. The van der Waals surface area contributed by atoms with Gasteiger partial charge in [-0.1, -0.05) is 158 Å². The van der Waals surface area contributed by atoms with Gasteiger partial charge in [0.05, 0.1) is 11.2 Å². The highest BCUT2D eigenvalue weighted by molar-refractivity contribution is 6.15. The fourth-order valence-corrected chi connectivity index (χ4v) is 7.60. The van der Waals surface area contributed by atoms with Gasteiger partial charge in [0.2, 0.25) is 0 Å². The van der Waals surface area contributed by atoms with Crippen LogP contribution in [0, 0.1) is 0 Å². The second kappa shape index (κ2) is 12.0. The molecule has 10 rings (SSSR count). The lowest BCUT2D eigenvalue weighted by Gasteiger charge is -2.28. The summed E-state index contributed by atoms with van der Waals surface area (Å²) in [4.78, 5) is 1.92. The summed E-state index contributed by atoms with van der Waals surface area (Å²) in [5, 5.41) is 10.9. The van der Waals surface area contributed by atoms with Crippen molar-refractivity contribution in [1.82, 2.24) is 0 Å². The smallest absolute Gasteiger partial charge is 0.0645 e. The predicted molar refractivity (Wildman–Crippen MR) is 220 cm³/mol. The average molecular weight is 652 g/mol. The molecule has 0 unspecified atom stereocenters. The van der Waals surface area contributed by atoms with E-state index in [1.807, 2.05) is 83.8 Å². The van der Waals surface area contributed by atoms with E-state index >= 15 is 0 Å². The van der Waals surface area contributed by atoms with Gasteiger partial charge in [-0.3, -0.25) is 0 Å². The Hall–Kier alpha value is -6.70. The molecule has 0 spiro atoms. The van der Waals surface area contributed by atoms with Gasteiger partial charge in [0, 0.05) is 16.8 Å². The van der Waals surface area contributed by atoms with Crippen LogP contribution in [0.3, 0.4) is 0 Å². The van der Waals surface area contributed by atoms with Crippen molar-refractivity contribution < 1.29 is 5.48 Å². The molecule has 0 aromatic heterocycles. The lowest BCUT2D eigenvalue weighted by Crippen LogP contribution is -2.10. The maximum Gasteiger partial charge on any atom is 0.0645 e. The van der Waals surface area contributed by atoms with E-state index in [1.54, 1.807) is 0 Å². The molecule has 0 N–H and O–H groups in total. The molecule has 1 heteroatoms. The summed E-state index contributed by atoms with van der Waals surface area (Å²) < 4.78 is 38.0. The minimum atomic E-state index is -0.106. The third-order valence-corrected chi connectivity index (χ3v) is 10.1. The van der Waals surface area contributed by atoms with E-state index in [0.717, 1.165) is 60.2 Å². The van der Waals surface area contributed by atoms with Crippen molar-refractivity contribution in [3.05, 3.63) is 200 Å². The highest BCUT2D eigenvalue weighted by Gasteiger charge is 2.18. The molecule has 0 aliphatic heterocycles. The van der Waals surface area contributed by atoms with Crippen molar-refractivity contribution in [3.8, 4) is 22.3 Å². The molecule has 0 amide bonds. The van der Waals surface area contributed by atoms with Crippen molar-refractivity contribution in [2.45, 2.75) is 0 Å². The van der Waals surface area contributed by atoms with E-state index in [-0.39, 0.29) is 35.4 Å².